The fourth-order valence-electron chi connectivity index (χ4n) is 2.53. The van der Waals surface area contributed by atoms with Crippen LogP contribution in [0, 0.1) is 17.0 Å². The predicted octanol–water partition coefficient (Wildman–Crippen LogP) is 1.58. The fraction of sp³-hybridized carbons (Fsp3) is 0.538. The van der Waals surface area contributed by atoms with E-state index in [4.69, 9.17) is 0 Å². The highest BCUT2D eigenvalue weighted by Gasteiger charge is 2.28. The molecule has 19 heavy (non-hydrogen) atoms. The Labute approximate surface area is 112 Å². The molecule has 0 saturated carbocycles. The van der Waals surface area contributed by atoms with E-state index in [-0.39, 0.29) is 17.5 Å². The van der Waals surface area contributed by atoms with Crippen LogP contribution in [0.1, 0.15) is 24.1 Å². The SMILES string of the molecule is Cc1ccc([N+](=O)[O-])c([C@@H](C)N2CCNCC2)c1O. The van der Waals surface area contributed by atoms with Crippen LogP contribution < -0.4 is 5.32 Å². The van der Waals surface area contributed by atoms with Crippen LogP contribution in [-0.2, 0) is 0 Å². The minimum Gasteiger partial charge on any atom is -0.507 e. The lowest BCUT2D eigenvalue weighted by atomic mass is 10.00. The maximum absolute atomic E-state index is 11.1. The topological polar surface area (TPSA) is 78.6 Å². The Hall–Kier alpha value is -1.66. The third-order valence-electron chi connectivity index (χ3n) is 3.71. The highest BCUT2D eigenvalue weighted by molar-refractivity contribution is 5.54. The van der Waals surface area contributed by atoms with Crippen LogP contribution in [0.5, 0.6) is 5.75 Å². The zero-order valence-corrected chi connectivity index (χ0v) is 11.2. The number of piperazine rings is 1. The molecule has 1 aliphatic rings. The summed E-state index contributed by atoms with van der Waals surface area (Å²) < 4.78 is 0. The van der Waals surface area contributed by atoms with Crippen LogP contribution in [0.3, 0.4) is 0 Å². The first-order valence-corrected chi connectivity index (χ1v) is 6.44. The minimum atomic E-state index is -0.423. The largest absolute Gasteiger partial charge is 0.507 e. The van der Waals surface area contributed by atoms with Crippen LogP contribution in [-0.4, -0.2) is 41.1 Å². The summed E-state index contributed by atoms with van der Waals surface area (Å²) in [5.41, 5.74) is 1.09. The van der Waals surface area contributed by atoms with Crippen molar-refractivity contribution in [1.29, 1.82) is 0 Å². The molecule has 0 amide bonds. The number of hydrogen-bond donors (Lipinski definition) is 2. The number of phenolic OH excluding ortho intramolecular Hbond substituents is 1. The zero-order chi connectivity index (χ0) is 14.0. The van der Waals surface area contributed by atoms with Gasteiger partial charge in [0, 0.05) is 38.3 Å². The molecule has 1 aliphatic heterocycles. The summed E-state index contributed by atoms with van der Waals surface area (Å²) in [5.74, 6) is 0.0419. The molecule has 104 valence electrons. The Morgan fingerprint density at radius 1 is 1.42 bits per heavy atom. The van der Waals surface area contributed by atoms with E-state index < -0.39 is 4.92 Å². The molecule has 6 nitrogen and oxygen atoms in total. The highest BCUT2D eigenvalue weighted by atomic mass is 16.6. The number of benzene rings is 1. The first-order chi connectivity index (χ1) is 9.02. The van der Waals surface area contributed by atoms with E-state index in [2.05, 4.69) is 10.2 Å². The quantitative estimate of drug-likeness (QED) is 0.640. The summed E-state index contributed by atoms with van der Waals surface area (Å²) in [6, 6.07) is 2.90. The minimum absolute atomic E-state index is 0.00543. The number of nitro benzene ring substituents is 1. The molecule has 0 aliphatic carbocycles. The van der Waals surface area contributed by atoms with Gasteiger partial charge in [0.15, 0.2) is 0 Å². The van der Waals surface area contributed by atoms with Gasteiger partial charge in [-0.2, -0.15) is 0 Å². The van der Waals surface area contributed by atoms with Gasteiger partial charge in [0.05, 0.1) is 10.5 Å². The average Bonchev–Trinajstić information content (AvgIpc) is 2.41. The standard InChI is InChI=1S/C13H19N3O3/c1-9-3-4-11(16(18)19)12(13(9)17)10(2)15-7-5-14-6-8-15/h3-4,10,14,17H,5-8H2,1-2H3/t10-/m1/s1. The van der Waals surface area contributed by atoms with E-state index >= 15 is 0 Å². The van der Waals surface area contributed by atoms with Crippen molar-refractivity contribution in [3.05, 3.63) is 33.4 Å². The Bertz CT molecular complexity index is 484. The number of aromatic hydroxyl groups is 1. The molecule has 0 aromatic heterocycles. The van der Waals surface area contributed by atoms with E-state index in [1.54, 1.807) is 13.0 Å². The van der Waals surface area contributed by atoms with Crippen LogP contribution in [0.4, 0.5) is 5.69 Å². The maximum Gasteiger partial charge on any atom is 0.277 e. The molecule has 1 aromatic rings. The van der Waals surface area contributed by atoms with Crippen molar-refractivity contribution in [1.82, 2.24) is 10.2 Å². The normalized spacial score (nSPS) is 18.2. The third-order valence-corrected chi connectivity index (χ3v) is 3.71. The van der Waals surface area contributed by atoms with Gasteiger partial charge < -0.3 is 10.4 Å². The molecule has 1 saturated heterocycles. The van der Waals surface area contributed by atoms with Crippen molar-refractivity contribution in [3.63, 3.8) is 0 Å². The van der Waals surface area contributed by atoms with Crippen LogP contribution in [0.2, 0.25) is 0 Å². The molecule has 0 radical (unpaired) electrons. The van der Waals surface area contributed by atoms with Gasteiger partial charge in [-0.1, -0.05) is 0 Å². The van der Waals surface area contributed by atoms with E-state index in [1.807, 2.05) is 6.92 Å². The molecule has 1 heterocycles. The van der Waals surface area contributed by atoms with Gasteiger partial charge in [0.1, 0.15) is 5.75 Å². The maximum atomic E-state index is 11.1. The summed E-state index contributed by atoms with van der Waals surface area (Å²) in [6.07, 6.45) is 0. The molecular formula is C13H19N3O3. The summed E-state index contributed by atoms with van der Waals surface area (Å²) in [6.45, 7) is 7.05. The van der Waals surface area contributed by atoms with E-state index in [1.165, 1.54) is 6.07 Å². The van der Waals surface area contributed by atoms with Crippen molar-refractivity contribution in [2.45, 2.75) is 19.9 Å². The van der Waals surface area contributed by atoms with Crippen molar-refractivity contribution in [2.24, 2.45) is 0 Å². The molecule has 2 rings (SSSR count). The van der Waals surface area contributed by atoms with Gasteiger partial charge >= 0.3 is 0 Å². The fourth-order valence-corrected chi connectivity index (χ4v) is 2.53. The van der Waals surface area contributed by atoms with Gasteiger partial charge in [-0.3, -0.25) is 15.0 Å². The second-order valence-corrected chi connectivity index (χ2v) is 4.88. The van der Waals surface area contributed by atoms with Gasteiger partial charge in [-0.15, -0.1) is 0 Å². The molecular weight excluding hydrogens is 246 g/mol. The van der Waals surface area contributed by atoms with Crippen molar-refractivity contribution < 1.29 is 10.0 Å². The molecule has 6 heteroatoms. The summed E-state index contributed by atoms with van der Waals surface area (Å²) >= 11 is 0. The van der Waals surface area contributed by atoms with E-state index in [0.29, 0.717) is 11.1 Å². The van der Waals surface area contributed by atoms with E-state index in [9.17, 15) is 15.2 Å². The number of nitrogens with one attached hydrogen (secondary N) is 1. The number of nitro groups is 1. The van der Waals surface area contributed by atoms with Gasteiger partial charge in [0.2, 0.25) is 0 Å². The average molecular weight is 265 g/mol. The number of nitrogens with zero attached hydrogens (tertiary/aromatic N) is 2. The van der Waals surface area contributed by atoms with Crippen molar-refractivity contribution in [3.8, 4) is 5.75 Å². The number of aryl methyl sites for hydroxylation is 1. The number of hydrogen-bond acceptors (Lipinski definition) is 5. The number of phenols is 1. The monoisotopic (exact) mass is 265 g/mol. The van der Waals surface area contributed by atoms with Gasteiger partial charge in [-0.25, -0.2) is 0 Å². The Balaban J connectivity index is 2.41. The second kappa shape index (κ2) is 5.54. The molecule has 1 aromatic carbocycles. The zero-order valence-electron chi connectivity index (χ0n) is 11.2. The number of rotatable bonds is 3. The second-order valence-electron chi connectivity index (χ2n) is 4.88. The molecule has 0 spiro atoms. The Kier molecular flexibility index (Phi) is 4.01. The van der Waals surface area contributed by atoms with Gasteiger partial charge in [-0.05, 0) is 25.5 Å². The van der Waals surface area contributed by atoms with Crippen molar-refractivity contribution in [2.75, 3.05) is 26.2 Å². The molecule has 1 fully saturated rings. The van der Waals surface area contributed by atoms with Gasteiger partial charge in [0.25, 0.3) is 5.69 Å². The molecule has 0 unspecified atom stereocenters. The first kappa shape index (κ1) is 13.8. The summed E-state index contributed by atoms with van der Waals surface area (Å²) in [5, 5.41) is 24.6. The molecule has 2 N–H and O–H groups in total. The van der Waals surface area contributed by atoms with Crippen LogP contribution >= 0.6 is 0 Å². The predicted molar refractivity (Wildman–Crippen MR) is 72.4 cm³/mol. The van der Waals surface area contributed by atoms with Crippen LogP contribution in [0.25, 0.3) is 0 Å². The molecule has 0 bridgehead atoms. The molecule has 1 atom stereocenters. The smallest absolute Gasteiger partial charge is 0.277 e. The van der Waals surface area contributed by atoms with Crippen molar-refractivity contribution >= 4 is 5.69 Å². The Morgan fingerprint density at radius 3 is 2.63 bits per heavy atom. The highest BCUT2D eigenvalue weighted by Crippen LogP contribution is 2.38. The lowest BCUT2D eigenvalue weighted by Crippen LogP contribution is -2.44. The third kappa shape index (κ3) is 2.69. The first-order valence-electron chi connectivity index (χ1n) is 6.44. The summed E-state index contributed by atoms with van der Waals surface area (Å²) in [7, 11) is 0. The lowest BCUT2D eigenvalue weighted by Gasteiger charge is -2.33. The Morgan fingerprint density at radius 2 is 2.05 bits per heavy atom. The summed E-state index contributed by atoms with van der Waals surface area (Å²) in [4.78, 5) is 12.9. The lowest BCUT2D eigenvalue weighted by molar-refractivity contribution is -0.386. The van der Waals surface area contributed by atoms with E-state index in [0.717, 1.165) is 26.2 Å². The van der Waals surface area contributed by atoms with Crippen LogP contribution in [0.15, 0.2) is 12.1 Å².